The maximum Gasteiger partial charge on any atom is 0.240 e. The van der Waals surface area contributed by atoms with E-state index in [1.807, 2.05) is 54.6 Å². The van der Waals surface area contributed by atoms with E-state index in [1.54, 1.807) is 0 Å². The summed E-state index contributed by atoms with van der Waals surface area (Å²) >= 11 is 0. The van der Waals surface area contributed by atoms with Crippen LogP contribution in [0.1, 0.15) is 29.9 Å². The zero-order valence-corrected chi connectivity index (χ0v) is 13.0. The van der Waals surface area contributed by atoms with Crippen molar-refractivity contribution in [2.24, 2.45) is 5.73 Å². The average molecular weight is 319 g/mol. The van der Waals surface area contributed by atoms with E-state index in [2.05, 4.69) is 5.32 Å². The number of carbonyl (C=O) groups is 2. The molecule has 0 bridgehead atoms. The van der Waals surface area contributed by atoms with Crippen molar-refractivity contribution < 1.29 is 9.59 Å². The quantitative estimate of drug-likeness (QED) is 0.883. The highest BCUT2D eigenvalue weighted by Crippen LogP contribution is 2.44. The molecule has 5 nitrogen and oxygen atoms in total. The number of hydrogen-bond acceptors (Lipinski definition) is 3. The van der Waals surface area contributed by atoms with Gasteiger partial charge in [0.25, 0.3) is 0 Å². The lowest BCUT2D eigenvalue weighted by molar-refractivity contribution is -0.127. The number of benzene rings is 2. The van der Waals surface area contributed by atoms with E-state index in [-0.39, 0.29) is 18.7 Å². The number of hydrogen-bond donors (Lipinski definition) is 2. The van der Waals surface area contributed by atoms with Gasteiger partial charge in [-0.2, -0.15) is 5.26 Å². The molecular weight excluding hydrogens is 302 g/mol. The number of fused-ring (bicyclic) bond motifs is 3. The summed E-state index contributed by atoms with van der Waals surface area (Å²) < 4.78 is 0. The van der Waals surface area contributed by atoms with Crippen molar-refractivity contribution in [1.29, 1.82) is 5.26 Å². The van der Waals surface area contributed by atoms with Crippen molar-refractivity contribution in [1.82, 2.24) is 5.32 Å². The van der Waals surface area contributed by atoms with Gasteiger partial charge in [-0.3, -0.25) is 9.59 Å². The Labute approximate surface area is 140 Å². The standard InChI is InChI=1S/C19H17N3O2/c20-11-5-10-16(18(21)23)22-19(24)17-14-8-3-1-6-12(14)13-7-2-4-9-15(13)17/h1-4,6-9,16-17H,5,10H2,(H2,21,23)(H,22,24)/t16-/m1/s1. The molecule has 1 atom stereocenters. The Bertz CT molecular complexity index is 793. The normalized spacial score (nSPS) is 13.5. The molecule has 2 aromatic rings. The summed E-state index contributed by atoms with van der Waals surface area (Å²) in [6, 6.07) is 16.6. The van der Waals surface area contributed by atoms with Gasteiger partial charge in [0.05, 0.1) is 12.0 Å². The van der Waals surface area contributed by atoms with E-state index in [0.717, 1.165) is 22.3 Å². The molecule has 0 fully saturated rings. The minimum Gasteiger partial charge on any atom is -0.368 e. The summed E-state index contributed by atoms with van der Waals surface area (Å²) in [6.45, 7) is 0. The van der Waals surface area contributed by atoms with Crippen molar-refractivity contribution >= 4 is 11.8 Å². The maximum absolute atomic E-state index is 12.8. The van der Waals surface area contributed by atoms with Crippen LogP contribution in [0.15, 0.2) is 48.5 Å². The monoisotopic (exact) mass is 319 g/mol. The zero-order chi connectivity index (χ0) is 17.1. The zero-order valence-electron chi connectivity index (χ0n) is 13.0. The molecule has 1 aliphatic rings. The Morgan fingerprint density at radius 1 is 1.08 bits per heavy atom. The fourth-order valence-electron chi connectivity index (χ4n) is 3.19. The minimum absolute atomic E-state index is 0.158. The van der Waals surface area contributed by atoms with E-state index < -0.39 is 17.9 Å². The first-order valence-electron chi connectivity index (χ1n) is 7.78. The van der Waals surface area contributed by atoms with E-state index >= 15 is 0 Å². The number of nitrogens with zero attached hydrogens (tertiary/aromatic N) is 1. The lowest BCUT2D eigenvalue weighted by atomic mass is 9.95. The van der Waals surface area contributed by atoms with Gasteiger partial charge in [-0.1, -0.05) is 48.5 Å². The highest BCUT2D eigenvalue weighted by atomic mass is 16.2. The molecule has 1 aliphatic carbocycles. The second kappa shape index (κ2) is 6.55. The fraction of sp³-hybridized carbons (Fsp3) is 0.211. The summed E-state index contributed by atoms with van der Waals surface area (Å²) in [6.07, 6.45) is 0.374. The Kier molecular flexibility index (Phi) is 4.30. The van der Waals surface area contributed by atoms with Gasteiger partial charge in [0, 0.05) is 6.42 Å². The first kappa shape index (κ1) is 15.8. The van der Waals surface area contributed by atoms with Gasteiger partial charge >= 0.3 is 0 Å². The topological polar surface area (TPSA) is 96.0 Å². The Hall–Kier alpha value is -3.13. The summed E-state index contributed by atoms with van der Waals surface area (Å²) in [5.74, 6) is -1.37. The SMILES string of the molecule is N#CCC[C@@H](NC(=O)C1c2ccccc2-c2ccccc21)C(N)=O. The van der Waals surface area contributed by atoms with Crippen LogP contribution < -0.4 is 11.1 Å². The third-order valence-electron chi connectivity index (χ3n) is 4.30. The van der Waals surface area contributed by atoms with Gasteiger partial charge in [-0.25, -0.2) is 0 Å². The molecule has 0 aliphatic heterocycles. The van der Waals surface area contributed by atoms with Crippen molar-refractivity contribution in [2.45, 2.75) is 24.8 Å². The molecule has 0 aromatic heterocycles. The largest absolute Gasteiger partial charge is 0.368 e. The fourth-order valence-corrected chi connectivity index (χ4v) is 3.19. The predicted octanol–water partition coefficient (Wildman–Crippen LogP) is 2.07. The molecule has 120 valence electrons. The van der Waals surface area contributed by atoms with Crippen molar-refractivity contribution in [3.63, 3.8) is 0 Å². The third kappa shape index (κ3) is 2.74. The summed E-state index contributed by atoms with van der Waals surface area (Å²) in [7, 11) is 0. The molecule has 0 radical (unpaired) electrons. The van der Waals surface area contributed by atoms with E-state index in [0.29, 0.717) is 0 Å². The van der Waals surface area contributed by atoms with E-state index in [1.165, 1.54) is 0 Å². The highest BCUT2D eigenvalue weighted by Gasteiger charge is 2.34. The van der Waals surface area contributed by atoms with Crippen LogP contribution in [0.3, 0.4) is 0 Å². The van der Waals surface area contributed by atoms with Crippen LogP contribution >= 0.6 is 0 Å². The van der Waals surface area contributed by atoms with Gasteiger partial charge in [0.2, 0.25) is 11.8 Å². The highest BCUT2D eigenvalue weighted by molar-refractivity contribution is 5.98. The van der Waals surface area contributed by atoms with Crippen molar-refractivity contribution in [3.8, 4) is 17.2 Å². The molecule has 5 heteroatoms. The smallest absolute Gasteiger partial charge is 0.240 e. The molecule has 0 unspecified atom stereocenters. The number of nitriles is 1. The van der Waals surface area contributed by atoms with Gasteiger partial charge < -0.3 is 11.1 Å². The number of nitrogens with two attached hydrogens (primary N) is 1. The molecule has 0 heterocycles. The molecule has 0 saturated carbocycles. The van der Waals surface area contributed by atoms with Gasteiger partial charge in [-0.15, -0.1) is 0 Å². The number of rotatable bonds is 5. The lowest BCUT2D eigenvalue weighted by Crippen LogP contribution is -2.46. The number of primary amides is 1. The first-order valence-corrected chi connectivity index (χ1v) is 7.78. The van der Waals surface area contributed by atoms with Crippen molar-refractivity contribution in [2.75, 3.05) is 0 Å². The molecule has 24 heavy (non-hydrogen) atoms. The van der Waals surface area contributed by atoms with Crippen LogP contribution in [0.25, 0.3) is 11.1 Å². The number of amides is 2. The third-order valence-corrected chi connectivity index (χ3v) is 4.30. The number of carbonyl (C=O) groups excluding carboxylic acids is 2. The molecule has 0 spiro atoms. The van der Waals surface area contributed by atoms with Crippen LogP contribution in [-0.2, 0) is 9.59 Å². The molecular formula is C19H17N3O2. The van der Waals surface area contributed by atoms with E-state index in [9.17, 15) is 9.59 Å². The molecule has 2 amide bonds. The predicted molar refractivity (Wildman–Crippen MR) is 89.7 cm³/mol. The summed E-state index contributed by atoms with van der Waals surface area (Å²) in [4.78, 5) is 24.4. The van der Waals surface area contributed by atoms with Gasteiger partial charge in [0.15, 0.2) is 0 Å². The first-order chi connectivity index (χ1) is 11.6. The molecule has 2 aromatic carbocycles. The van der Waals surface area contributed by atoms with E-state index in [4.69, 9.17) is 11.0 Å². The molecule has 0 saturated heterocycles. The average Bonchev–Trinajstić information content (AvgIpc) is 2.93. The Balaban J connectivity index is 1.92. The van der Waals surface area contributed by atoms with Crippen LogP contribution in [0, 0.1) is 11.3 Å². The van der Waals surface area contributed by atoms with Crippen LogP contribution in [0.5, 0.6) is 0 Å². The van der Waals surface area contributed by atoms with Crippen LogP contribution in [-0.4, -0.2) is 17.9 Å². The number of nitrogens with one attached hydrogen (secondary N) is 1. The Morgan fingerprint density at radius 3 is 2.12 bits per heavy atom. The minimum atomic E-state index is -0.836. The Morgan fingerprint density at radius 2 is 1.62 bits per heavy atom. The summed E-state index contributed by atoms with van der Waals surface area (Å²) in [5.41, 5.74) is 9.24. The van der Waals surface area contributed by atoms with Gasteiger partial charge in [-0.05, 0) is 28.7 Å². The summed E-state index contributed by atoms with van der Waals surface area (Å²) in [5, 5.41) is 11.4. The van der Waals surface area contributed by atoms with Crippen LogP contribution in [0.2, 0.25) is 0 Å². The van der Waals surface area contributed by atoms with Crippen molar-refractivity contribution in [3.05, 3.63) is 59.7 Å². The second-order valence-electron chi connectivity index (χ2n) is 5.77. The van der Waals surface area contributed by atoms with Gasteiger partial charge in [0.1, 0.15) is 6.04 Å². The second-order valence-corrected chi connectivity index (χ2v) is 5.77. The maximum atomic E-state index is 12.8. The molecule has 3 N–H and O–H groups in total. The lowest BCUT2D eigenvalue weighted by Gasteiger charge is -2.19. The van der Waals surface area contributed by atoms with Crippen LogP contribution in [0.4, 0.5) is 0 Å². The molecule has 3 rings (SSSR count).